The molecule has 2 aromatic carbocycles. The van der Waals surface area contributed by atoms with Gasteiger partial charge in [-0.2, -0.15) is 0 Å². The summed E-state index contributed by atoms with van der Waals surface area (Å²) in [5.41, 5.74) is 5.44. The molecular weight excluding hydrogens is 280 g/mol. The van der Waals surface area contributed by atoms with Gasteiger partial charge >= 0.3 is 0 Å². The second-order valence-electron chi connectivity index (χ2n) is 5.52. The summed E-state index contributed by atoms with van der Waals surface area (Å²) in [6.07, 6.45) is 2.20. The first-order valence-corrected chi connectivity index (χ1v) is 7.91. The number of hydrogen-bond donors (Lipinski definition) is 1. The van der Waals surface area contributed by atoms with E-state index in [4.69, 9.17) is 11.6 Å². The van der Waals surface area contributed by atoms with Crippen LogP contribution in [0.3, 0.4) is 0 Å². The summed E-state index contributed by atoms with van der Waals surface area (Å²) in [7, 11) is 1.96. The maximum Gasteiger partial charge on any atom is 0.0471 e. The standard InChI is InChI=1S/C18H21ClN2/c1-20-13-16-17(19)7-4-8-18(16)21-11-9-14-5-2-3-6-15(14)10-12-21/h2-8,20H,9-13H2,1H3. The Balaban J connectivity index is 1.88. The molecule has 0 aromatic heterocycles. The summed E-state index contributed by atoms with van der Waals surface area (Å²) < 4.78 is 0. The number of anilines is 1. The highest BCUT2D eigenvalue weighted by molar-refractivity contribution is 6.31. The molecule has 0 unspecified atom stereocenters. The zero-order valence-corrected chi connectivity index (χ0v) is 13.2. The van der Waals surface area contributed by atoms with E-state index in [1.807, 2.05) is 13.1 Å². The molecule has 0 atom stereocenters. The second kappa shape index (κ2) is 6.50. The van der Waals surface area contributed by atoms with Crippen molar-refractivity contribution in [2.45, 2.75) is 19.4 Å². The molecule has 0 spiro atoms. The molecule has 0 amide bonds. The van der Waals surface area contributed by atoms with Crippen LogP contribution < -0.4 is 10.2 Å². The fourth-order valence-electron chi connectivity index (χ4n) is 3.10. The Labute approximate surface area is 131 Å². The number of hydrogen-bond acceptors (Lipinski definition) is 2. The molecule has 0 saturated heterocycles. The molecule has 1 aliphatic heterocycles. The first-order chi connectivity index (χ1) is 10.3. The first kappa shape index (κ1) is 14.4. The molecule has 0 aliphatic carbocycles. The molecule has 2 aromatic rings. The molecule has 1 heterocycles. The molecule has 1 aliphatic rings. The lowest BCUT2D eigenvalue weighted by Crippen LogP contribution is -2.27. The van der Waals surface area contributed by atoms with Gasteiger partial charge in [0.25, 0.3) is 0 Å². The Morgan fingerprint density at radius 2 is 1.67 bits per heavy atom. The van der Waals surface area contributed by atoms with E-state index in [-0.39, 0.29) is 0 Å². The third-order valence-corrected chi connectivity index (χ3v) is 4.56. The minimum absolute atomic E-state index is 0.804. The Morgan fingerprint density at radius 1 is 1.00 bits per heavy atom. The lowest BCUT2D eigenvalue weighted by Gasteiger charge is -2.26. The number of halogens is 1. The molecule has 0 saturated carbocycles. The van der Waals surface area contributed by atoms with Crippen molar-refractivity contribution in [1.29, 1.82) is 0 Å². The Bertz CT molecular complexity index is 597. The fraction of sp³-hybridized carbons (Fsp3) is 0.333. The molecule has 21 heavy (non-hydrogen) atoms. The lowest BCUT2D eigenvalue weighted by molar-refractivity contribution is 0.774. The molecule has 0 fully saturated rings. The minimum Gasteiger partial charge on any atom is -0.371 e. The maximum absolute atomic E-state index is 6.39. The smallest absolute Gasteiger partial charge is 0.0471 e. The molecule has 0 radical (unpaired) electrons. The van der Waals surface area contributed by atoms with Gasteiger partial charge in [-0.05, 0) is 43.1 Å². The van der Waals surface area contributed by atoms with Gasteiger partial charge in [-0.1, -0.05) is 41.9 Å². The van der Waals surface area contributed by atoms with Crippen LogP contribution in [0.25, 0.3) is 0 Å². The van der Waals surface area contributed by atoms with Crippen LogP contribution in [-0.4, -0.2) is 20.1 Å². The van der Waals surface area contributed by atoms with E-state index in [1.165, 1.54) is 22.4 Å². The van der Waals surface area contributed by atoms with Gasteiger partial charge in [-0.3, -0.25) is 0 Å². The summed E-state index contributed by atoms with van der Waals surface area (Å²) in [4.78, 5) is 2.47. The van der Waals surface area contributed by atoms with Crippen LogP contribution in [0.1, 0.15) is 16.7 Å². The summed E-state index contributed by atoms with van der Waals surface area (Å²) >= 11 is 6.39. The average molecular weight is 301 g/mol. The highest BCUT2D eigenvalue weighted by Crippen LogP contribution is 2.29. The predicted molar refractivity (Wildman–Crippen MR) is 90.3 cm³/mol. The number of nitrogens with one attached hydrogen (secondary N) is 1. The fourth-order valence-corrected chi connectivity index (χ4v) is 3.34. The van der Waals surface area contributed by atoms with Gasteiger partial charge < -0.3 is 10.2 Å². The second-order valence-corrected chi connectivity index (χ2v) is 5.93. The first-order valence-electron chi connectivity index (χ1n) is 7.53. The van der Waals surface area contributed by atoms with Crippen molar-refractivity contribution in [3.63, 3.8) is 0 Å². The Hall–Kier alpha value is -1.51. The molecule has 2 nitrogen and oxygen atoms in total. The largest absolute Gasteiger partial charge is 0.371 e. The highest BCUT2D eigenvalue weighted by atomic mass is 35.5. The van der Waals surface area contributed by atoms with Crippen molar-refractivity contribution in [1.82, 2.24) is 5.32 Å². The van der Waals surface area contributed by atoms with E-state index in [0.29, 0.717) is 0 Å². The quantitative estimate of drug-likeness (QED) is 0.930. The number of fused-ring (bicyclic) bond motifs is 1. The van der Waals surface area contributed by atoms with Crippen LogP contribution in [0.4, 0.5) is 5.69 Å². The lowest BCUT2D eigenvalue weighted by atomic mass is 10.0. The topological polar surface area (TPSA) is 15.3 Å². The number of nitrogens with zero attached hydrogens (tertiary/aromatic N) is 1. The molecule has 3 heteroatoms. The summed E-state index contributed by atoms with van der Waals surface area (Å²) in [6, 6.07) is 15.0. The van der Waals surface area contributed by atoms with Crippen LogP contribution >= 0.6 is 11.6 Å². The van der Waals surface area contributed by atoms with Crippen LogP contribution in [-0.2, 0) is 19.4 Å². The summed E-state index contributed by atoms with van der Waals surface area (Å²) in [5, 5.41) is 4.08. The van der Waals surface area contributed by atoms with Gasteiger partial charge in [-0.25, -0.2) is 0 Å². The monoisotopic (exact) mass is 300 g/mol. The molecule has 110 valence electrons. The van der Waals surface area contributed by atoms with E-state index < -0.39 is 0 Å². The van der Waals surface area contributed by atoms with E-state index >= 15 is 0 Å². The Kier molecular flexibility index (Phi) is 4.47. The van der Waals surface area contributed by atoms with Crippen LogP contribution in [0.2, 0.25) is 5.02 Å². The summed E-state index contributed by atoms with van der Waals surface area (Å²) in [5.74, 6) is 0. The molecule has 3 rings (SSSR count). The SMILES string of the molecule is CNCc1c(Cl)cccc1N1CCc2ccccc2CC1. The zero-order chi connectivity index (χ0) is 14.7. The van der Waals surface area contributed by atoms with Gasteiger partial charge in [0.2, 0.25) is 0 Å². The van der Waals surface area contributed by atoms with E-state index in [0.717, 1.165) is 37.5 Å². The van der Waals surface area contributed by atoms with Gasteiger partial charge in [-0.15, -0.1) is 0 Å². The summed E-state index contributed by atoms with van der Waals surface area (Å²) in [6.45, 7) is 2.90. The predicted octanol–water partition coefficient (Wildman–Crippen LogP) is 3.66. The normalized spacial score (nSPS) is 14.7. The maximum atomic E-state index is 6.39. The van der Waals surface area contributed by atoms with Gasteiger partial charge in [0, 0.05) is 35.9 Å². The molecular formula is C18H21ClN2. The number of benzene rings is 2. The minimum atomic E-state index is 0.804. The van der Waals surface area contributed by atoms with Crippen molar-refractivity contribution in [2.24, 2.45) is 0 Å². The van der Waals surface area contributed by atoms with Crippen LogP contribution in [0, 0.1) is 0 Å². The van der Waals surface area contributed by atoms with Crippen molar-refractivity contribution in [3.05, 3.63) is 64.2 Å². The Morgan fingerprint density at radius 3 is 2.29 bits per heavy atom. The molecule has 1 N–H and O–H groups in total. The van der Waals surface area contributed by atoms with E-state index in [9.17, 15) is 0 Å². The van der Waals surface area contributed by atoms with E-state index in [2.05, 4.69) is 46.6 Å². The van der Waals surface area contributed by atoms with Crippen LogP contribution in [0.5, 0.6) is 0 Å². The van der Waals surface area contributed by atoms with Crippen molar-refractivity contribution in [3.8, 4) is 0 Å². The van der Waals surface area contributed by atoms with Gasteiger partial charge in [0.1, 0.15) is 0 Å². The van der Waals surface area contributed by atoms with Gasteiger partial charge in [0.05, 0.1) is 0 Å². The van der Waals surface area contributed by atoms with Crippen molar-refractivity contribution >= 4 is 17.3 Å². The number of rotatable bonds is 3. The van der Waals surface area contributed by atoms with Crippen LogP contribution in [0.15, 0.2) is 42.5 Å². The average Bonchev–Trinajstić information content (AvgIpc) is 2.72. The van der Waals surface area contributed by atoms with Crippen molar-refractivity contribution in [2.75, 3.05) is 25.0 Å². The third kappa shape index (κ3) is 3.07. The third-order valence-electron chi connectivity index (χ3n) is 4.21. The van der Waals surface area contributed by atoms with E-state index in [1.54, 1.807) is 0 Å². The van der Waals surface area contributed by atoms with Crippen molar-refractivity contribution < 1.29 is 0 Å². The zero-order valence-electron chi connectivity index (χ0n) is 12.4. The highest BCUT2D eigenvalue weighted by Gasteiger charge is 2.17. The van der Waals surface area contributed by atoms with Gasteiger partial charge in [0.15, 0.2) is 0 Å². The molecule has 0 bridgehead atoms.